The van der Waals surface area contributed by atoms with Crippen LogP contribution in [0.3, 0.4) is 0 Å². The van der Waals surface area contributed by atoms with Crippen LogP contribution in [0.15, 0.2) is 47.9 Å². The van der Waals surface area contributed by atoms with Crippen molar-refractivity contribution in [1.29, 1.82) is 5.26 Å². The first-order valence-corrected chi connectivity index (χ1v) is 9.25. The molecule has 11 nitrogen and oxygen atoms in total. The summed E-state index contributed by atoms with van der Waals surface area (Å²) >= 11 is 0. The number of rotatable bonds is 5. The van der Waals surface area contributed by atoms with E-state index in [1.165, 1.54) is 26.4 Å². The molecule has 3 aromatic rings. The standard InChI is InChI=1S/C21H17N5O6/c1-30-14-7-11(8-15(31-2)19(14)27)16-13(9-22)20(23)32-21-17(16)18(24-25-21)10-4-3-5-12(6-10)26(28)29/h3-8,16,27H,23H2,1-2H3,(H,24,25)/t16-/m0/s1. The predicted octanol–water partition coefficient (Wildman–Crippen LogP) is 2.93. The number of ether oxygens (including phenoxy) is 3. The molecule has 11 heteroatoms. The van der Waals surface area contributed by atoms with Crippen molar-refractivity contribution >= 4 is 5.69 Å². The summed E-state index contributed by atoms with van der Waals surface area (Å²) in [6.07, 6.45) is 0. The SMILES string of the molecule is COc1cc([C@H]2C(C#N)=C(N)Oc3n[nH]c(-c4cccc([N+](=O)[O-])c4)c32)cc(OC)c1O. The van der Waals surface area contributed by atoms with Gasteiger partial charge in [0.1, 0.15) is 11.6 Å². The Balaban J connectivity index is 1.98. The summed E-state index contributed by atoms with van der Waals surface area (Å²) in [6.45, 7) is 0. The minimum absolute atomic E-state index is 0.0976. The second kappa shape index (κ2) is 7.84. The molecule has 0 radical (unpaired) electrons. The van der Waals surface area contributed by atoms with Gasteiger partial charge in [-0.2, -0.15) is 5.26 Å². The predicted molar refractivity (Wildman–Crippen MR) is 111 cm³/mol. The third-order valence-corrected chi connectivity index (χ3v) is 5.12. The summed E-state index contributed by atoms with van der Waals surface area (Å²) in [4.78, 5) is 10.7. The van der Waals surface area contributed by atoms with Crippen LogP contribution in [0.25, 0.3) is 11.3 Å². The lowest BCUT2D eigenvalue weighted by molar-refractivity contribution is -0.384. The molecule has 0 aliphatic carbocycles. The monoisotopic (exact) mass is 435 g/mol. The lowest BCUT2D eigenvalue weighted by atomic mass is 9.82. The fourth-order valence-electron chi connectivity index (χ4n) is 3.65. The molecule has 2 heterocycles. The van der Waals surface area contributed by atoms with Gasteiger partial charge in [0.25, 0.3) is 5.69 Å². The molecule has 0 saturated carbocycles. The number of phenolic OH excluding ortho intramolecular Hbond substituents is 1. The van der Waals surface area contributed by atoms with E-state index in [1.54, 1.807) is 24.3 Å². The molecule has 1 atom stereocenters. The second-order valence-electron chi connectivity index (χ2n) is 6.82. The molecule has 1 aliphatic rings. The number of phenols is 1. The number of benzene rings is 2. The van der Waals surface area contributed by atoms with Crippen LogP contribution in [0, 0.1) is 21.4 Å². The average Bonchev–Trinajstić information content (AvgIpc) is 3.21. The number of aromatic amines is 1. The van der Waals surface area contributed by atoms with Crippen molar-refractivity contribution in [2.45, 2.75) is 5.92 Å². The molecule has 2 aromatic carbocycles. The highest BCUT2D eigenvalue weighted by Gasteiger charge is 2.36. The molecule has 0 saturated heterocycles. The lowest BCUT2D eigenvalue weighted by Gasteiger charge is -2.25. The Hall–Kier alpha value is -4.72. The third-order valence-electron chi connectivity index (χ3n) is 5.12. The van der Waals surface area contributed by atoms with Crippen LogP contribution < -0.4 is 19.9 Å². The van der Waals surface area contributed by atoms with Crippen molar-refractivity contribution in [3.05, 3.63) is 69.1 Å². The molecule has 4 rings (SSSR count). The van der Waals surface area contributed by atoms with Gasteiger partial charge in [0, 0.05) is 17.7 Å². The zero-order valence-electron chi connectivity index (χ0n) is 16.9. The van der Waals surface area contributed by atoms with E-state index in [0.29, 0.717) is 22.4 Å². The molecular weight excluding hydrogens is 418 g/mol. The lowest BCUT2D eigenvalue weighted by Crippen LogP contribution is -2.21. The van der Waals surface area contributed by atoms with Gasteiger partial charge in [-0.15, -0.1) is 5.10 Å². The van der Waals surface area contributed by atoms with Gasteiger partial charge < -0.3 is 25.1 Å². The first-order chi connectivity index (χ1) is 15.4. The number of fused-ring (bicyclic) bond motifs is 1. The number of nitro benzene ring substituents is 1. The van der Waals surface area contributed by atoms with E-state index in [2.05, 4.69) is 16.3 Å². The van der Waals surface area contributed by atoms with Crippen molar-refractivity contribution in [3.8, 4) is 40.5 Å². The number of nitrogens with two attached hydrogens (primary N) is 1. The molecule has 32 heavy (non-hydrogen) atoms. The summed E-state index contributed by atoms with van der Waals surface area (Å²) in [5.41, 5.74) is 7.83. The maximum Gasteiger partial charge on any atom is 0.270 e. The van der Waals surface area contributed by atoms with Crippen LogP contribution in [0.1, 0.15) is 17.0 Å². The van der Waals surface area contributed by atoms with Crippen LogP contribution in [0.2, 0.25) is 0 Å². The number of hydrogen-bond acceptors (Lipinski definition) is 9. The van der Waals surface area contributed by atoms with Gasteiger partial charge in [0.15, 0.2) is 11.5 Å². The summed E-state index contributed by atoms with van der Waals surface area (Å²) in [5.74, 6) is -0.729. The summed E-state index contributed by atoms with van der Waals surface area (Å²) in [7, 11) is 2.77. The van der Waals surface area contributed by atoms with E-state index in [4.69, 9.17) is 19.9 Å². The van der Waals surface area contributed by atoms with Crippen LogP contribution in [-0.2, 0) is 0 Å². The zero-order valence-corrected chi connectivity index (χ0v) is 16.9. The van der Waals surface area contributed by atoms with E-state index in [1.807, 2.05) is 0 Å². The number of hydrogen-bond donors (Lipinski definition) is 3. The fourth-order valence-corrected chi connectivity index (χ4v) is 3.65. The molecule has 0 amide bonds. The van der Waals surface area contributed by atoms with E-state index in [0.717, 1.165) is 0 Å². The number of methoxy groups -OCH3 is 2. The van der Waals surface area contributed by atoms with Gasteiger partial charge >= 0.3 is 0 Å². The molecule has 0 spiro atoms. The molecule has 162 valence electrons. The van der Waals surface area contributed by atoms with Crippen molar-refractivity contribution in [3.63, 3.8) is 0 Å². The zero-order chi connectivity index (χ0) is 23.0. The number of nitrogens with zero attached hydrogens (tertiary/aromatic N) is 3. The summed E-state index contributed by atoms with van der Waals surface area (Å²) < 4.78 is 16.1. The van der Waals surface area contributed by atoms with Crippen LogP contribution >= 0.6 is 0 Å². The van der Waals surface area contributed by atoms with E-state index >= 15 is 0 Å². The van der Waals surface area contributed by atoms with Gasteiger partial charge in [-0.1, -0.05) is 12.1 Å². The maximum absolute atomic E-state index is 11.2. The van der Waals surface area contributed by atoms with Crippen molar-refractivity contribution in [1.82, 2.24) is 10.2 Å². The molecule has 0 unspecified atom stereocenters. The largest absolute Gasteiger partial charge is 0.502 e. The highest BCUT2D eigenvalue weighted by atomic mass is 16.6. The number of nitro groups is 1. The number of aromatic hydroxyl groups is 1. The molecular formula is C21H17N5O6. The summed E-state index contributed by atoms with van der Waals surface area (Å²) in [5, 5.41) is 38.4. The number of nitriles is 1. The Morgan fingerprint density at radius 2 is 1.97 bits per heavy atom. The van der Waals surface area contributed by atoms with E-state index in [-0.39, 0.29) is 40.3 Å². The number of H-pyrrole nitrogens is 1. The van der Waals surface area contributed by atoms with E-state index < -0.39 is 10.8 Å². The first-order valence-electron chi connectivity index (χ1n) is 9.25. The Morgan fingerprint density at radius 3 is 2.56 bits per heavy atom. The van der Waals surface area contributed by atoms with Gasteiger partial charge in [0.2, 0.25) is 17.5 Å². The highest BCUT2D eigenvalue weighted by molar-refractivity contribution is 5.73. The average molecular weight is 435 g/mol. The molecule has 1 aliphatic heterocycles. The Labute approximate surface area is 181 Å². The smallest absolute Gasteiger partial charge is 0.270 e. The highest BCUT2D eigenvalue weighted by Crippen LogP contribution is 2.49. The van der Waals surface area contributed by atoms with Gasteiger partial charge in [-0.05, 0) is 17.7 Å². The van der Waals surface area contributed by atoms with Crippen molar-refractivity contribution in [2.75, 3.05) is 14.2 Å². The fraction of sp³-hybridized carbons (Fsp3) is 0.143. The Morgan fingerprint density at radius 1 is 1.28 bits per heavy atom. The van der Waals surface area contributed by atoms with E-state index in [9.17, 15) is 20.5 Å². The van der Waals surface area contributed by atoms with Gasteiger partial charge in [-0.25, -0.2) is 0 Å². The minimum atomic E-state index is -0.778. The first kappa shape index (κ1) is 20.5. The van der Waals surface area contributed by atoms with Gasteiger partial charge in [0.05, 0.1) is 36.3 Å². The number of nitrogens with one attached hydrogen (secondary N) is 1. The minimum Gasteiger partial charge on any atom is -0.502 e. The van der Waals surface area contributed by atoms with Crippen LogP contribution in [0.5, 0.6) is 23.1 Å². The summed E-state index contributed by atoms with van der Waals surface area (Å²) in [6, 6.07) is 11.1. The number of non-ortho nitro benzene ring substituents is 1. The molecule has 4 N–H and O–H groups in total. The van der Waals surface area contributed by atoms with Crippen LogP contribution in [-0.4, -0.2) is 34.4 Å². The Kier molecular flexibility index (Phi) is 5.04. The second-order valence-corrected chi connectivity index (χ2v) is 6.82. The Bertz CT molecular complexity index is 1280. The maximum atomic E-state index is 11.2. The molecule has 0 bridgehead atoms. The van der Waals surface area contributed by atoms with Crippen LogP contribution in [0.4, 0.5) is 5.69 Å². The van der Waals surface area contributed by atoms with Crippen molar-refractivity contribution < 1.29 is 24.2 Å². The quantitative estimate of drug-likeness (QED) is 0.403. The molecule has 0 fully saturated rings. The van der Waals surface area contributed by atoms with Gasteiger partial charge in [-0.3, -0.25) is 15.2 Å². The third kappa shape index (κ3) is 3.20. The number of aromatic nitrogens is 2. The van der Waals surface area contributed by atoms with Crippen molar-refractivity contribution in [2.24, 2.45) is 5.73 Å². The number of allylic oxidation sites excluding steroid dienone is 1. The molecule has 1 aromatic heterocycles. The normalized spacial score (nSPS) is 14.8. The topological polar surface area (TPSA) is 170 Å².